The summed E-state index contributed by atoms with van der Waals surface area (Å²) in [5.41, 5.74) is 9.30. The molecule has 0 aliphatic carbocycles. The highest BCUT2D eigenvalue weighted by Gasteiger charge is 1.97. The fourth-order valence-electron chi connectivity index (χ4n) is 1.07. The molecular formula is C13H21FN2O4. The van der Waals surface area contributed by atoms with Crippen LogP contribution in [0.25, 0.3) is 0 Å². The van der Waals surface area contributed by atoms with E-state index < -0.39 is 12.2 Å². The quantitative estimate of drug-likeness (QED) is 0.792. The topological polar surface area (TPSA) is 116 Å². The standard InChI is InChI=1S/C10H13F.C2H5NO2.CH3NO2/c1-2-3-6-9-7-4-5-8-10(9)11;1-5-2(3)4;2-1(3)4/h4-5,7-8H,2-3,6H2,1H3;1H3,(H2,3,4);2H2,(H,3,4). The zero-order chi connectivity index (χ0) is 16.0. The lowest BCUT2D eigenvalue weighted by Crippen LogP contribution is -2.08. The molecule has 114 valence electrons. The average Bonchev–Trinajstić information content (AvgIpc) is 2.38. The van der Waals surface area contributed by atoms with Crippen LogP contribution in [0.3, 0.4) is 0 Å². The Kier molecular flexibility index (Phi) is 13.1. The first kappa shape index (κ1) is 20.0. The van der Waals surface area contributed by atoms with E-state index in [9.17, 15) is 9.18 Å². The van der Waals surface area contributed by atoms with Crippen LogP contribution in [0, 0.1) is 5.82 Å². The van der Waals surface area contributed by atoms with Gasteiger partial charge in [-0.25, -0.2) is 14.0 Å². The average molecular weight is 288 g/mol. The predicted octanol–water partition coefficient (Wildman–Crippen LogP) is 2.50. The summed E-state index contributed by atoms with van der Waals surface area (Å²) < 4.78 is 16.8. The fraction of sp³-hybridized carbons (Fsp3) is 0.385. The van der Waals surface area contributed by atoms with E-state index in [-0.39, 0.29) is 5.82 Å². The van der Waals surface area contributed by atoms with Gasteiger partial charge in [0.2, 0.25) is 0 Å². The number of halogens is 1. The van der Waals surface area contributed by atoms with Gasteiger partial charge in [-0.1, -0.05) is 31.5 Å². The maximum Gasteiger partial charge on any atom is 0.404 e. The second-order valence-corrected chi connectivity index (χ2v) is 3.56. The minimum absolute atomic E-state index is 0.0686. The van der Waals surface area contributed by atoms with E-state index in [0.29, 0.717) is 0 Å². The molecule has 1 rings (SSSR count). The number of ether oxygens (including phenoxy) is 1. The maximum atomic E-state index is 12.9. The van der Waals surface area contributed by atoms with Crippen LogP contribution in [0.15, 0.2) is 24.3 Å². The molecule has 1 aromatic rings. The molecule has 0 aliphatic rings. The summed E-state index contributed by atoms with van der Waals surface area (Å²) in [6.07, 6.45) is 0.975. The van der Waals surface area contributed by atoms with Gasteiger partial charge in [0.25, 0.3) is 0 Å². The largest absolute Gasteiger partial charge is 0.465 e. The Morgan fingerprint density at radius 1 is 1.30 bits per heavy atom. The Bertz CT molecular complexity index is 396. The molecule has 0 bridgehead atoms. The Morgan fingerprint density at radius 3 is 2.10 bits per heavy atom. The van der Waals surface area contributed by atoms with E-state index in [1.165, 1.54) is 13.2 Å². The first-order valence-electron chi connectivity index (χ1n) is 5.90. The van der Waals surface area contributed by atoms with Gasteiger partial charge in [0.05, 0.1) is 7.11 Å². The molecule has 0 heterocycles. The lowest BCUT2D eigenvalue weighted by atomic mass is 10.1. The number of amides is 2. The number of rotatable bonds is 3. The number of methoxy groups -OCH3 is 1. The number of unbranched alkanes of at least 4 members (excludes halogenated alkanes) is 1. The summed E-state index contributed by atoms with van der Waals surface area (Å²) in [5, 5.41) is 7.19. The van der Waals surface area contributed by atoms with Crippen molar-refractivity contribution in [2.45, 2.75) is 26.2 Å². The van der Waals surface area contributed by atoms with E-state index in [0.717, 1.165) is 24.8 Å². The van der Waals surface area contributed by atoms with Crippen LogP contribution in [0.2, 0.25) is 0 Å². The summed E-state index contributed by atoms with van der Waals surface area (Å²) in [6.45, 7) is 2.11. The highest BCUT2D eigenvalue weighted by molar-refractivity contribution is 5.64. The van der Waals surface area contributed by atoms with Gasteiger partial charge >= 0.3 is 12.2 Å². The molecule has 0 saturated carbocycles. The number of nitrogens with two attached hydrogens (primary N) is 2. The molecule has 2 amide bonds. The molecule has 0 atom stereocenters. The number of carboxylic acid groups (broad SMARTS) is 1. The highest BCUT2D eigenvalue weighted by atomic mass is 19.1. The molecule has 5 N–H and O–H groups in total. The van der Waals surface area contributed by atoms with Gasteiger partial charge in [0.1, 0.15) is 5.82 Å². The van der Waals surface area contributed by atoms with Crippen LogP contribution in [0.5, 0.6) is 0 Å². The summed E-state index contributed by atoms with van der Waals surface area (Å²) in [4.78, 5) is 18.1. The van der Waals surface area contributed by atoms with Crippen LogP contribution in [0.1, 0.15) is 25.3 Å². The van der Waals surface area contributed by atoms with E-state index in [2.05, 4.69) is 23.1 Å². The van der Waals surface area contributed by atoms with Gasteiger partial charge in [-0.05, 0) is 24.5 Å². The number of aryl methyl sites for hydroxylation is 1. The third kappa shape index (κ3) is 15.7. The zero-order valence-electron chi connectivity index (χ0n) is 11.6. The minimum atomic E-state index is -1.33. The smallest absolute Gasteiger partial charge is 0.404 e. The zero-order valence-corrected chi connectivity index (χ0v) is 11.6. The van der Waals surface area contributed by atoms with Crippen molar-refractivity contribution in [3.8, 4) is 0 Å². The minimum Gasteiger partial charge on any atom is -0.465 e. The van der Waals surface area contributed by atoms with Crippen molar-refractivity contribution < 1.29 is 23.8 Å². The van der Waals surface area contributed by atoms with Gasteiger partial charge in [-0.15, -0.1) is 0 Å². The number of carbonyl (C=O) groups is 2. The molecule has 20 heavy (non-hydrogen) atoms. The molecule has 0 radical (unpaired) electrons. The van der Waals surface area contributed by atoms with Gasteiger partial charge < -0.3 is 21.3 Å². The molecule has 1 aromatic carbocycles. The number of benzene rings is 1. The van der Waals surface area contributed by atoms with Crippen LogP contribution in [0.4, 0.5) is 14.0 Å². The van der Waals surface area contributed by atoms with Crippen LogP contribution in [-0.4, -0.2) is 24.4 Å². The van der Waals surface area contributed by atoms with Crippen molar-refractivity contribution in [1.82, 2.24) is 0 Å². The van der Waals surface area contributed by atoms with Crippen molar-refractivity contribution in [2.24, 2.45) is 11.5 Å². The Hall–Kier alpha value is -2.31. The molecular weight excluding hydrogens is 267 g/mol. The molecule has 7 heteroatoms. The number of carbonyl (C=O) groups excluding carboxylic acids is 1. The number of hydrogen-bond donors (Lipinski definition) is 3. The first-order chi connectivity index (χ1) is 9.34. The summed E-state index contributed by atoms with van der Waals surface area (Å²) in [5.74, 6) is -0.0686. The molecule has 0 spiro atoms. The molecule has 0 aliphatic heterocycles. The lowest BCUT2D eigenvalue weighted by Gasteiger charge is -1.99. The number of primary amides is 2. The molecule has 6 nitrogen and oxygen atoms in total. The third-order valence-electron chi connectivity index (χ3n) is 1.96. The maximum absolute atomic E-state index is 12.9. The summed E-state index contributed by atoms with van der Waals surface area (Å²) in [6, 6.07) is 6.98. The Labute approximate surface area is 117 Å². The van der Waals surface area contributed by atoms with E-state index in [1.807, 2.05) is 12.1 Å². The molecule has 0 saturated heterocycles. The summed E-state index contributed by atoms with van der Waals surface area (Å²) >= 11 is 0. The SMILES string of the molecule is CCCCc1ccccc1F.COC(N)=O.NC(=O)O. The van der Waals surface area contributed by atoms with Gasteiger partial charge in [-0.3, -0.25) is 0 Å². The van der Waals surface area contributed by atoms with Gasteiger partial charge in [-0.2, -0.15) is 0 Å². The highest BCUT2D eigenvalue weighted by Crippen LogP contribution is 2.09. The predicted molar refractivity (Wildman–Crippen MR) is 73.8 cm³/mol. The van der Waals surface area contributed by atoms with Crippen molar-refractivity contribution >= 4 is 12.2 Å². The summed E-state index contributed by atoms with van der Waals surface area (Å²) in [7, 11) is 1.22. The number of hydrogen-bond acceptors (Lipinski definition) is 3. The molecule has 0 unspecified atom stereocenters. The Balaban J connectivity index is 0. The van der Waals surface area contributed by atoms with Crippen molar-refractivity contribution in [3.63, 3.8) is 0 Å². The third-order valence-corrected chi connectivity index (χ3v) is 1.96. The second-order valence-electron chi connectivity index (χ2n) is 3.56. The Morgan fingerprint density at radius 2 is 1.75 bits per heavy atom. The van der Waals surface area contributed by atoms with Crippen LogP contribution in [-0.2, 0) is 11.2 Å². The first-order valence-corrected chi connectivity index (χ1v) is 5.90. The molecule has 0 fully saturated rings. The molecule has 0 aromatic heterocycles. The van der Waals surface area contributed by atoms with E-state index >= 15 is 0 Å². The fourth-order valence-corrected chi connectivity index (χ4v) is 1.07. The van der Waals surface area contributed by atoms with Crippen molar-refractivity contribution in [1.29, 1.82) is 0 Å². The second kappa shape index (κ2) is 13.1. The normalized spacial score (nSPS) is 8.35. The van der Waals surface area contributed by atoms with Crippen molar-refractivity contribution in [2.75, 3.05) is 7.11 Å². The monoisotopic (exact) mass is 288 g/mol. The van der Waals surface area contributed by atoms with E-state index in [4.69, 9.17) is 9.90 Å². The van der Waals surface area contributed by atoms with E-state index in [1.54, 1.807) is 6.07 Å². The lowest BCUT2D eigenvalue weighted by molar-refractivity contribution is 0.182. The van der Waals surface area contributed by atoms with Gasteiger partial charge in [0.15, 0.2) is 0 Å². The van der Waals surface area contributed by atoms with Crippen LogP contribution < -0.4 is 11.5 Å². The van der Waals surface area contributed by atoms with Crippen LogP contribution >= 0.6 is 0 Å². The van der Waals surface area contributed by atoms with Gasteiger partial charge in [0, 0.05) is 0 Å². The van der Waals surface area contributed by atoms with Crippen molar-refractivity contribution in [3.05, 3.63) is 35.6 Å².